The maximum atomic E-state index is 11.8. The van der Waals surface area contributed by atoms with Crippen molar-refractivity contribution in [3.8, 4) is 5.88 Å². The van der Waals surface area contributed by atoms with Crippen molar-refractivity contribution in [1.29, 1.82) is 0 Å². The monoisotopic (exact) mass is 368 g/mol. The molecular weight excluding hydrogens is 352 g/mol. The summed E-state index contributed by atoms with van der Waals surface area (Å²) in [6.45, 7) is 1.76. The van der Waals surface area contributed by atoms with Gasteiger partial charge in [0, 0.05) is 17.5 Å². The minimum atomic E-state index is -0.526. The Morgan fingerprint density at radius 1 is 1.22 bits per heavy atom. The zero-order valence-corrected chi connectivity index (χ0v) is 14.4. The van der Waals surface area contributed by atoms with Crippen molar-refractivity contribution in [3.63, 3.8) is 0 Å². The number of ether oxygens (including phenoxy) is 1. The molecule has 0 aliphatic rings. The molecule has 2 aromatic carbocycles. The van der Waals surface area contributed by atoms with Crippen molar-refractivity contribution in [2.75, 3.05) is 6.61 Å². The second kappa shape index (κ2) is 7.65. The first-order chi connectivity index (χ1) is 13.0. The molecule has 0 spiro atoms. The van der Waals surface area contributed by atoms with Gasteiger partial charge in [-0.1, -0.05) is 24.3 Å². The highest BCUT2D eigenvalue weighted by Gasteiger charge is 2.18. The van der Waals surface area contributed by atoms with Crippen molar-refractivity contribution in [1.82, 2.24) is 4.57 Å². The van der Waals surface area contributed by atoms with Crippen molar-refractivity contribution >= 4 is 33.9 Å². The second-order valence-electron chi connectivity index (χ2n) is 5.56. The lowest BCUT2D eigenvalue weighted by atomic mass is 10.2. The highest BCUT2D eigenvalue weighted by Crippen LogP contribution is 2.39. The summed E-state index contributed by atoms with van der Waals surface area (Å²) in [5.74, 6) is -0.728. The van der Waals surface area contributed by atoms with Gasteiger partial charge in [0.1, 0.15) is 6.54 Å². The van der Waals surface area contributed by atoms with E-state index in [0.29, 0.717) is 10.9 Å². The molecule has 0 unspecified atom stereocenters. The molecule has 0 fully saturated rings. The van der Waals surface area contributed by atoms with Crippen LogP contribution in [0.4, 0.5) is 17.1 Å². The lowest BCUT2D eigenvalue weighted by Crippen LogP contribution is -2.12. The van der Waals surface area contributed by atoms with Crippen molar-refractivity contribution in [3.05, 3.63) is 58.6 Å². The van der Waals surface area contributed by atoms with E-state index >= 15 is 0 Å². The van der Waals surface area contributed by atoms with Crippen LogP contribution in [-0.4, -0.2) is 27.2 Å². The number of esters is 1. The van der Waals surface area contributed by atoms with Gasteiger partial charge in [-0.3, -0.25) is 19.5 Å². The molecule has 0 saturated heterocycles. The van der Waals surface area contributed by atoms with E-state index in [4.69, 9.17) is 4.74 Å². The van der Waals surface area contributed by atoms with Gasteiger partial charge >= 0.3 is 5.97 Å². The number of nitro benzene ring substituents is 1. The fraction of sp³-hybridized carbons (Fsp3) is 0.167. The van der Waals surface area contributed by atoms with Gasteiger partial charge in [-0.2, -0.15) is 5.11 Å². The van der Waals surface area contributed by atoms with E-state index in [1.54, 1.807) is 37.3 Å². The Hall–Kier alpha value is -3.75. The van der Waals surface area contributed by atoms with Gasteiger partial charge in [-0.05, 0) is 19.1 Å². The number of azo groups is 1. The molecule has 0 bridgehead atoms. The van der Waals surface area contributed by atoms with Crippen LogP contribution in [-0.2, 0) is 16.1 Å². The predicted molar refractivity (Wildman–Crippen MR) is 97.5 cm³/mol. The fourth-order valence-corrected chi connectivity index (χ4v) is 2.64. The van der Waals surface area contributed by atoms with Crippen LogP contribution < -0.4 is 0 Å². The Kier molecular flexibility index (Phi) is 5.11. The number of carbonyl (C=O) groups excluding carboxylic acids is 1. The van der Waals surface area contributed by atoms with Gasteiger partial charge < -0.3 is 9.84 Å². The van der Waals surface area contributed by atoms with Gasteiger partial charge in [-0.25, -0.2) is 0 Å². The Labute approximate surface area is 153 Å². The minimum absolute atomic E-state index is 0.111. The molecule has 1 heterocycles. The lowest BCUT2D eigenvalue weighted by Gasteiger charge is -2.06. The summed E-state index contributed by atoms with van der Waals surface area (Å²) in [4.78, 5) is 22.2. The number of hydrogen-bond acceptors (Lipinski definition) is 7. The molecule has 0 aliphatic carbocycles. The number of carbonyl (C=O) groups is 1. The van der Waals surface area contributed by atoms with Gasteiger partial charge in [-0.15, -0.1) is 5.11 Å². The number of non-ortho nitro benzene ring substituents is 1. The number of nitrogens with zero attached hydrogens (tertiary/aromatic N) is 4. The summed E-state index contributed by atoms with van der Waals surface area (Å²) >= 11 is 0. The standard InChI is InChI=1S/C18H16N4O5/c1-2-27-16(23)11-21-15-9-4-3-8-14(15)17(18(21)24)20-19-12-6-5-7-13(10-12)22(25)26/h3-10,24H,2,11H2,1H3. The summed E-state index contributed by atoms with van der Waals surface area (Å²) in [6, 6.07) is 12.7. The van der Waals surface area contributed by atoms with Crippen LogP contribution >= 0.6 is 0 Å². The molecule has 0 saturated carbocycles. The van der Waals surface area contributed by atoms with Gasteiger partial charge in [0.2, 0.25) is 5.88 Å². The van der Waals surface area contributed by atoms with E-state index in [1.807, 2.05) is 0 Å². The van der Waals surface area contributed by atoms with E-state index in [1.165, 1.54) is 22.8 Å². The van der Waals surface area contributed by atoms with Crippen LogP contribution in [0.2, 0.25) is 0 Å². The first kappa shape index (κ1) is 18.1. The normalized spacial score (nSPS) is 11.1. The summed E-state index contributed by atoms with van der Waals surface area (Å²) in [6.07, 6.45) is 0. The number of para-hydroxylation sites is 1. The van der Waals surface area contributed by atoms with Crippen LogP contribution in [0.5, 0.6) is 5.88 Å². The molecule has 1 N–H and O–H groups in total. The third-order valence-corrected chi connectivity index (χ3v) is 3.82. The third kappa shape index (κ3) is 3.76. The Morgan fingerprint density at radius 3 is 2.74 bits per heavy atom. The van der Waals surface area contributed by atoms with Gasteiger partial charge in [0.05, 0.1) is 22.7 Å². The SMILES string of the molecule is CCOC(=O)Cn1c(O)c(N=Nc2cccc([N+](=O)[O-])c2)c2ccccc21. The van der Waals surface area contributed by atoms with Crippen LogP contribution in [0.3, 0.4) is 0 Å². The average Bonchev–Trinajstić information content (AvgIpc) is 2.92. The quantitative estimate of drug-likeness (QED) is 0.302. The van der Waals surface area contributed by atoms with E-state index in [2.05, 4.69) is 10.2 Å². The summed E-state index contributed by atoms with van der Waals surface area (Å²) in [5, 5.41) is 30.0. The zero-order chi connectivity index (χ0) is 19.4. The molecule has 9 nitrogen and oxygen atoms in total. The second-order valence-corrected chi connectivity index (χ2v) is 5.56. The van der Waals surface area contributed by atoms with E-state index in [-0.39, 0.29) is 36.1 Å². The average molecular weight is 368 g/mol. The first-order valence-corrected chi connectivity index (χ1v) is 8.13. The van der Waals surface area contributed by atoms with Gasteiger partial charge in [0.25, 0.3) is 5.69 Å². The summed E-state index contributed by atoms with van der Waals surface area (Å²) in [5.41, 5.74) is 0.920. The van der Waals surface area contributed by atoms with Crippen molar-refractivity contribution < 1.29 is 19.6 Å². The number of hydrogen-bond donors (Lipinski definition) is 1. The van der Waals surface area contributed by atoms with E-state index < -0.39 is 10.9 Å². The molecule has 1 aromatic heterocycles. The minimum Gasteiger partial charge on any atom is -0.493 e. The lowest BCUT2D eigenvalue weighted by molar-refractivity contribution is -0.384. The molecule has 9 heteroatoms. The van der Waals surface area contributed by atoms with Gasteiger partial charge in [0.15, 0.2) is 5.69 Å². The number of fused-ring (bicyclic) bond motifs is 1. The molecule has 0 amide bonds. The number of rotatable bonds is 6. The van der Waals surface area contributed by atoms with Crippen molar-refractivity contribution in [2.45, 2.75) is 13.5 Å². The predicted octanol–water partition coefficient (Wildman–Crippen LogP) is 4.23. The Morgan fingerprint density at radius 2 is 2.00 bits per heavy atom. The number of benzene rings is 2. The van der Waals surface area contributed by atoms with Crippen LogP contribution in [0.25, 0.3) is 10.9 Å². The molecule has 0 radical (unpaired) electrons. The number of aromatic hydroxyl groups is 1. The highest BCUT2D eigenvalue weighted by atomic mass is 16.6. The Balaban J connectivity index is 2.02. The molecule has 0 aliphatic heterocycles. The zero-order valence-electron chi connectivity index (χ0n) is 14.4. The smallest absolute Gasteiger partial charge is 0.326 e. The molecule has 0 atom stereocenters. The number of aromatic nitrogens is 1. The van der Waals surface area contributed by atoms with Crippen LogP contribution in [0.15, 0.2) is 58.8 Å². The van der Waals surface area contributed by atoms with Crippen LogP contribution in [0.1, 0.15) is 6.92 Å². The first-order valence-electron chi connectivity index (χ1n) is 8.13. The molecule has 3 aromatic rings. The third-order valence-electron chi connectivity index (χ3n) is 3.82. The Bertz CT molecular complexity index is 1040. The van der Waals surface area contributed by atoms with Crippen LogP contribution in [0, 0.1) is 10.1 Å². The van der Waals surface area contributed by atoms with E-state index in [9.17, 15) is 20.0 Å². The maximum absolute atomic E-state index is 11.8. The largest absolute Gasteiger partial charge is 0.493 e. The van der Waals surface area contributed by atoms with E-state index in [0.717, 1.165) is 0 Å². The number of nitro groups is 1. The van der Waals surface area contributed by atoms with Crippen molar-refractivity contribution in [2.24, 2.45) is 10.2 Å². The molecular formula is C18H16N4O5. The summed E-state index contributed by atoms with van der Waals surface area (Å²) in [7, 11) is 0. The molecule has 138 valence electrons. The topological polar surface area (TPSA) is 119 Å². The highest BCUT2D eigenvalue weighted by molar-refractivity contribution is 5.95. The summed E-state index contributed by atoms with van der Waals surface area (Å²) < 4.78 is 6.32. The molecule has 3 rings (SSSR count). The maximum Gasteiger partial charge on any atom is 0.326 e. The fourth-order valence-electron chi connectivity index (χ4n) is 2.64. The molecule has 27 heavy (non-hydrogen) atoms.